The lowest BCUT2D eigenvalue weighted by molar-refractivity contribution is -0.144. The summed E-state index contributed by atoms with van der Waals surface area (Å²) < 4.78 is 0. The SMILES string of the molecule is CNC(C)(CCCSCC(O)CO)C(=O)O. The van der Waals surface area contributed by atoms with Crippen LogP contribution in [0, 0.1) is 0 Å². The van der Waals surface area contributed by atoms with E-state index in [9.17, 15) is 4.79 Å². The first-order valence-electron chi connectivity index (χ1n) is 5.25. The summed E-state index contributed by atoms with van der Waals surface area (Å²) in [6.45, 7) is 1.43. The highest BCUT2D eigenvalue weighted by atomic mass is 32.2. The predicted octanol–water partition coefficient (Wildman–Crippen LogP) is -0.0843. The van der Waals surface area contributed by atoms with Gasteiger partial charge in [-0.15, -0.1) is 0 Å². The van der Waals surface area contributed by atoms with E-state index in [-0.39, 0.29) is 6.61 Å². The van der Waals surface area contributed by atoms with Crippen molar-refractivity contribution in [2.75, 3.05) is 25.2 Å². The summed E-state index contributed by atoms with van der Waals surface area (Å²) in [5.41, 5.74) is -0.879. The van der Waals surface area contributed by atoms with Gasteiger partial charge in [-0.05, 0) is 32.6 Å². The van der Waals surface area contributed by atoms with E-state index < -0.39 is 17.6 Å². The molecular formula is C10H21NO4S. The Labute approximate surface area is 100 Å². The Morgan fingerprint density at radius 2 is 2.19 bits per heavy atom. The van der Waals surface area contributed by atoms with Crippen molar-refractivity contribution in [3.63, 3.8) is 0 Å². The quantitative estimate of drug-likeness (QED) is 0.428. The molecular weight excluding hydrogens is 230 g/mol. The van der Waals surface area contributed by atoms with Crippen LogP contribution in [0.15, 0.2) is 0 Å². The highest BCUT2D eigenvalue weighted by Crippen LogP contribution is 2.15. The second-order valence-electron chi connectivity index (χ2n) is 3.90. The number of carboxylic acid groups (broad SMARTS) is 1. The molecule has 0 aromatic carbocycles. The molecule has 0 heterocycles. The lowest BCUT2D eigenvalue weighted by Gasteiger charge is -2.23. The van der Waals surface area contributed by atoms with Crippen molar-refractivity contribution in [1.82, 2.24) is 5.32 Å². The summed E-state index contributed by atoms with van der Waals surface area (Å²) in [5.74, 6) is 0.414. The maximum Gasteiger partial charge on any atom is 0.323 e. The molecule has 0 aliphatic rings. The molecule has 2 unspecified atom stereocenters. The van der Waals surface area contributed by atoms with Crippen molar-refractivity contribution in [2.45, 2.75) is 31.4 Å². The molecule has 0 rings (SSSR count). The van der Waals surface area contributed by atoms with Crippen LogP contribution in [0.3, 0.4) is 0 Å². The molecule has 0 aromatic heterocycles. The Hall–Kier alpha value is -0.300. The monoisotopic (exact) mass is 251 g/mol. The van der Waals surface area contributed by atoms with Crippen LogP contribution < -0.4 is 5.32 Å². The number of aliphatic hydroxyl groups is 2. The molecule has 0 spiro atoms. The van der Waals surface area contributed by atoms with Crippen LogP contribution in [0.2, 0.25) is 0 Å². The predicted molar refractivity (Wildman–Crippen MR) is 64.8 cm³/mol. The van der Waals surface area contributed by atoms with Crippen LogP contribution in [-0.4, -0.2) is 58.1 Å². The van der Waals surface area contributed by atoms with E-state index in [0.29, 0.717) is 12.2 Å². The fourth-order valence-electron chi connectivity index (χ4n) is 1.14. The van der Waals surface area contributed by atoms with E-state index in [1.807, 2.05) is 0 Å². The number of aliphatic carboxylic acids is 1. The van der Waals surface area contributed by atoms with E-state index in [1.165, 1.54) is 11.8 Å². The van der Waals surface area contributed by atoms with Gasteiger partial charge in [-0.2, -0.15) is 11.8 Å². The van der Waals surface area contributed by atoms with Gasteiger partial charge in [-0.1, -0.05) is 0 Å². The number of thioether (sulfide) groups is 1. The second kappa shape index (κ2) is 7.89. The third kappa shape index (κ3) is 5.69. The largest absolute Gasteiger partial charge is 0.480 e. The Balaban J connectivity index is 3.68. The average molecular weight is 251 g/mol. The lowest BCUT2D eigenvalue weighted by Crippen LogP contribution is -2.47. The van der Waals surface area contributed by atoms with Crippen LogP contribution in [0.1, 0.15) is 19.8 Å². The van der Waals surface area contributed by atoms with Crippen molar-refractivity contribution in [2.24, 2.45) is 0 Å². The zero-order chi connectivity index (χ0) is 12.6. The lowest BCUT2D eigenvalue weighted by atomic mass is 9.97. The molecule has 0 radical (unpaired) electrons. The van der Waals surface area contributed by atoms with Gasteiger partial charge < -0.3 is 20.6 Å². The van der Waals surface area contributed by atoms with Gasteiger partial charge in [0.1, 0.15) is 5.54 Å². The van der Waals surface area contributed by atoms with Crippen molar-refractivity contribution in [1.29, 1.82) is 0 Å². The minimum absolute atomic E-state index is 0.226. The molecule has 4 N–H and O–H groups in total. The molecule has 0 aliphatic heterocycles. The van der Waals surface area contributed by atoms with Gasteiger partial charge in [-0.25, -0.2) is 0 Å². The van der Waals surface area contributed by atoms with E-state index in [0.717, 1.165) is 12.2 Å². The molecule has 0 bridgehead atoms. The molecule has 0 aromatic rings. The molecule has 16 heavy (non-hydrogen) atoms. The van der Waals surface area contributed by atoms with Gasteiger partial charge in [0.05, 0.1) is 12.7 Å². The van der Waals surface area contributed by atoms with Crippen LogP contribution in [0.5, 0.6) is 0 Å². The summed E-state index contributed by atoms with van der Waals surface area (Å²) >= 11 is 1.52. The van der Waals surface area contributed by atoms with Crippen LogP contribution in [0.4, 0.5) is 0 Å². The normalized spacial score (nSPS) is 16.8. The molecule has 5 nitrogen and oxygen atoms in total. The zero-order valence-corrected chi connectivity index (χ0v) is 10.6. The number of hydrogen-bond donors (Lipinski definition) is 4. The molecule has 2 atom stereocenters. The van der Waals surface area contributed by atoms with Gasteiger partial charge in [0.25, 0.3) is 0 Å². The molecule has 0 aliphatic carbocycles. The first-order valence-corrected chi connectivity index (χ1v) is 6.40. The molecule has 0 saturated carbocycles. The Morgan fingerprint density at radius 3 is 2.62 bits per heavy atom. The van der Waals surface area contributed by atoms with Gasteiger partial charge in [-0.3, -0.25) is 4.79 Å². The smallest absolute Gasteiger partial charge is 0.323 e. The Morgan fingerprint density at radius 1 is 1.56 bits per heavy atom. The maximum atomic E-state index is 10.9. The second-order valence-corrected chi connectivity index (χ2v) is 5.05. The number of carbonyl (C=O) groups is 1. The summed E-state index contributed by atoms with van der Waals surface area (Å²) in [6.07, 6.45) is 0.619. The minimum Gasteiger partial charge on any atom is -0.480 e. The first kappa shape index (κ1) is 15.7. The topological polar surface area (TPSA) is 89.8 Å². The summed E-state index contributed by atoms with van der Waals surface area (Å²) in [4.78, 5) is 10.9. The summed E-state index contributed by atoms with van der Waals surface area (Å²) in [5, 5.41) is 29.4. The third-order valence-electron chi connectivity index (χ3n) is 2.51. The maximum absolute atomic E-state index is 10.9. The average Bonchev–Trinajstić information content (AvgIpc) is 2.27. The third-order valence-corrected chi connectivity index (χ3v) is 3.71. The number of carboxylic acids is 1. The molecule has 6 heteroatoms. The van der Waals surface area contributed by atoms with Crippen molar-refractivity contribution >= 4 is 17.7 Å². The highest BCUT2D eigenvalue weighted by Gasteiger charge is 2.30. The summed E-state index contributed by atoms with van der Waals surface area (Å²) in [6, 6.07) is 0. The van der Waals surface area contributed by atoms with Crippen LogP contribution >= 0.6 is 11.8 Å². The number of aliphatic hydroxyl groups excluding tert-OH is 2. The van der Waals surface area contributed by atoms with E-state index in [2.05, 4.69) is 5.32 Å². The number of nitrogens with one attached hydrogen (secondary N) is 1. The number of likely N-dealkylation sites (N-methyl/N-ethyl adjacent to an activating group) is 1. The number of rotatable bonds is 9. The van der Waals surface area contributed by atoms with Crippen molar-refractivity contribution < 1.29 is 20.1 Å². The van der Waals surface area contributed by atoms with Gasteiger partial charge in [0.15, 0.2) is 0 Å². The standard InChI is InChI=1S/C10H21NO4S/c1-10(11-2,9(14)15)4-3-5-16-7-8(13)6-12/h8,11-13H,3-7H2,1-2H3,(H,14,15). The Kier molecular flexibility index (Phi) is 7.74. The fourth-order valence-corrected chi connectivity index (χ4v) is 2.03. The molecule has 0 amide bonds. The number of hydrogen-bond acceptors (Lipinski definition) is 5. The molecule has 96 valence electrons. The van der Waals surface area contributed by atoms with Crippen LogP contribution in [0.25, 0.3) is 0 Å². The minimum atomic E-state index is -0.879. The zero-order valence-electron chi connectivity index (χ0n) is 9.77. The fraction of sp³-hybridized carbons (Fsp3) is 0.900. The first-order chi connectivity index (χ1) is 7.46. The molecule has 0 saturated heterocycles. The van der Waals surface area contributed by atoms with E-state index >= 15 is 0 Å². The van der Waals surface area contributed by atoms with E-state index in [1.54, 1.807) is 14.0 Å². The van der Waals surface area contributed by atoms with Gasteiger partial charge >= 0.3 is 5.97 Å². The molecule has 0 fully saturated rings. The van der Waals surface area contributed by atoms with Gasteiger partial charge in [0.2, 0.25) is 0 Å². The highest BCUT2D eigenvalue weighted by molar-refractivity contribution is 7.99. The van der Waals surface area contributed by atoms with E-state index in [4.69, 9.17) is 15.3 Å². The van der Waals surface area contributed by atoms with Gasteiger partial charge in [0, 0.05) is 5.75 Å². The van der Waals surface area contributed by atoms with Crippen LogP contribution in [-0.2, 0) is 4.79 Å². The Bertz CT molecular complexity index is 215. The van der Waals surface area contributed by atoms with Crippen molar-refractivity contribution in [3.8, 4) is 0 Å². The summed E-state index contributed by atoms with van der Waals surface area (Å²) in [7, 11) is 1.64. The van der Waals surface area contributed by atoms with Crippen molar-refractivity contribution in [3.05, 3.63) is 0 Å².